The summed E-state index contributed by atoms with van der Waals surface area (Å²) in [7, 11) is 0. The van der Waals surface area contributed by atoms with Crippen molar-refractivity contribution in [1.29, 1.82) is 0 Å². The monoisotopic (exact) mass is 329 g/mol. The minimum atomic E-state index is 0.379. The Morgan fingerprint density at radius 1 is 1.39 bits per heavy atom. The van der Waals surface area contributed by atoms with Gasteiger partial charge in [-0.2, -0.15) is 0 Å². The van der Waals surface area contributed by atoms with Crippen LogP contribution in [0.3, 0.4) is 0 Å². The maximum absolute atomic E-state index is 10.6. The Morgan fingerprint density at radius 2 is 2.22 bits per heavy atom. The maximum Gasteiger partial charge on any atom is 0.123 e. The van der Waals surface area contributed by atoms with E-state index in [2.05, 4.69) is 22.9 Å². The molecule has 1 aromatic heterocycles. The van der Waals surface area contributed by atoms with E-state index in [1.54, 1.807) is 0 Å². The fourth-order valence-electron chi connectivity index (χ4n) is 3.09. The Kier molecular flexibility index (Phi) is 5.03. The van der Waals surface area contributed by atoms with Gasteiger partial charge in [0.15, 0.2) is 0 Å². The molecule has 0 amide bonds. The zero-order valence-corrected chi connectivity index (χ0v) is 14.4. The van der Waals surface area contributed by atoms with Gasteiger partial charge in [0.1, 0.15) is 11.5 Å². The molecular weight excluding hydrogens is 306 g/mol. The minimum Gasteiger partial charge on any atom is -0.507 e. The van der Waals surface area contributed by atoms with Crippen LogP contribution >= 0.6 is 11.3 Å². The number of rotatable bonds is 6. The highest BCUT2D eigenvalue weighted by Gasteiger charge is 2.19. The summed E-state index contributed by atoms with van der Waals surface area (Å²) in [4.78, 5) is 3.89. The van der Waals surface area contributed by atoms with Crippen molar-refractivity contribution in [2.45, 2.75) is 32.9 Å². The highest BCUT2D eigenvalue weighted by Crippen LogP contribution is 2.32. The van der Waals surface area contributed by atoms with E-state index in [0.29, 0.717) is 18.8 Å². The summed E-state index contributed by atoms with van der Waals surface area (Å²) in [5, 5.41) is 12.7. The summed E-state index contributed by atoms with van der Waals surface area (Å²) in [5.74, 6) is 1.20. The molecule has 0 radical (unpaired) electrons. The highest BCUT2D eigenvalue weighted by atomic mass is 32.1. The van der Waals surface area contributed by atoms with E-state index in [0.717, 1.165) is 42.9 Å². The van der Waals surface area contributed by atoms with E-state index in [1.807, 2.05) is 36.5 Å². The van der Waals surface area contributed by atoms with Crippen LogP contribution in [-0.2, 0) is 25.9 Å². The standard InChI is InChI=1S/C19H23NO2S/c1-3-5-14-10-17(22-4-2)11-16(19(14)21)13-20-8-6-18-15(12-20)7-9-23-18/h3,7,9-11,21H,1,4-6,8,12-13H2,2H3. The van der Waals surface area contributed by atoms with Crippen molar-refractivity contribution in [3.05, 3.63) is 57.8 Å². The first kappa shape index (κ1) is 16.1. The Morgan fingerprint density at radius 3 is 3.00 bits per heavy atom. The number of nitrogens with zero attached hydrogens (tertiary/aromatic N) is 1. The second kappa shape index (κ2) is 7.20. The van der Waals surface area contributed by atoms with Crippen LogP contribution in [-0.4, -0.2) is 23.2 Å². The topological polar surface area (TPSA) is 32.7 Å². The molecule has 3 rings (SSSR count). The van der Waals surface area contributed by atoms with E-state index < -0.39 is 0 Å². The van der Waals surface area contributed by atoms with Gasteiger partial charge in [-0.15, -0.1) is 17.9 Å². The van der Waals surface area contributed by atoms with E-state index >= 15 is 0 Å². The van der Waals surface area contributed by atoms with Crippen molar-refractivity contribution >= 4 is 11.3 Å². The number of phenols is 1. The molecule has 0 saturated carbocycles. The zero-order valence-electron chi connectivity index (χ0n) is 13.5. The summed E-state index contributed by atoms with van der Waals surface area (Å²) in [6.07, 6.45) is 3.56. The SMILES string of the molecule is C=CCc1cc(OCC)cc(CN2CCc3sccc3C2)c1O. The maximum atomic E-state index is 10.6. The Balaban J connectivity index is 1.82. The first-order valence-electron chi connectivity index (χ1n) is 8.07. The molecule has 0 fully saturated rings. The molecule has 0 aliphatic carbocycles. The number of allylic oxidation sites excluding steroid dienone is 1. The lowest BCUT2D eigenvalue weighted by Crippen LogP contribution is -2.29. The molecule has 0 spiro atoms. The van der Waals surface area contributed by atoms with Gasteiger partial charge in [-0.05, 0) is 48.9 Å². The molecule has 122 valence electrons. The van der Waals surface area contributed by atoms with Crippen LogP contribution in [0.2, 0.25) is 0 Å². The number of thiophene rings is 1. The lowest BCUT2D eigenvalue weighted by molar-refractivity contribution is 0.243. The molecule has 2 heterocycles. The molecule has 1 aromatic carbocycles. The second-order valence-electron chi connectivity index (χ2n) is 5.85. The molecule has 0 saturated heterocycles. The minimum absolute atomic E-state index is 0.379. The van der Waals surface area contributed by atoms with E-state index in [4.69, 9.17) is 4.74 Å². The lowest BCUT2D eigenvalue weighted by atomic mass is 10.0. The third kappa shape index (κ3) is 3.59. The normalized spacial score (nSPS) is 14.5. The Labute approximate surface area is 141 Å². The molecule has 4 heteroatoms. The molecule has 1 N–H and O–H groups in total. The first-order chi connectivity index (χ1) is 11.2. The number of hydrogen-bond donors (Lipinski definition) is 1. The quantitative estimate of drug-likeness (QED) is 0.809. The second-order valence-corrected chi connectivity index (χ2v) is 6.85. The zero-order chi connectivity index (χ0) is 16.2. The number of benzene rings is 1. The van der Waals surface area contributed by atoms with Crippen molar-refractivity contribution in [3.63, 3.8) is 0 Å². The Hall–Kier alpha value is -1.78. The van der Waals surface area contributed by atoms with Crippen LogP contribution in [0.5, 0.6) is 11.5 Å². The molecule has 23 heavy (non-hydrogen) atoms. The highest BCUT2D eigenvalue weighted by molar-refractivity contribution is 7.10. The summed E-state index contributed by atoms with van der Waals surface area (Å²) in [5.41, 5.74) is 3.24. The number of fused-ring (bicyclic) bond motifs is 1. The molecule has 2 aromatic rings. The lowest BCUT2D eigenvalue weighted by Gasteiger charge is -2.27. The van der Waals surface area contributed by atoms with Gasteiger partial charge >= 0.3 is 0 Å². The van der Waals surface area contributed by atoms with Gasteiger partial charge in [0.05, 0.1) is 6.61 Å². The van der Waals surface area contributed by atoms with E-state index in [-0.39, 0.29) is 0 Å². The van der Waals surface area contributed by atoms with Gasteiger partial charge in [-0.25, -0.2) is 0 Å². The third-order valence-corrected chi connectivity index (χ3v) is 5.22. The van der Waals surface area contributed by atoms with Crippen molar-refractivity contribution in [2.75, 3.05) is 13.2 Å². The molecule has 0 unspecified atom stereocenters. The van der Waals surface area contributed by atoms with Crippen molar-refractivity contribution in [2.24, 2.45) is 0 Å². The van der Waals surface area contributed by atoms with Gasteiger partial charge in [-0.3, -0.25) is 4.90 Å². The van der Waals surface area contributed by atoms with Gasteiger partial charge in [-0.1, -0.05) is 6.08 Å². The summed E-state index contributed by atoms with van der Waals surface area (Å²) < 4.78 is 5.66. The number of ether oxygens (including phenoxy) is 1. The average molecular weight is 329 g/mol. The van der Waals surface area contributed by atoms with Crippen LogP contribution in [0, 0.1) is 0 Å². The van der Waals surface area contributed by atoms with Crippen molar-refractivity contribution in [3.8, 4) is 11.5 Å². The molecule has 0 bridgehead atoms. The van der Waals surface area contributed by atoms with Gasteiger partial charge in [0.25, 0.3) is 0 Å². The smallest absolute Gasteiger partial charge is 0.123 e. The van der Waals surface area contributed by atoms with Crippen LogP contribution in [0.15, 0.2) is 36.2 Å². The molecule has 0 atom stereocenters. The van der Waals surface area contributed by atoms with Crippen LogP contribution < -0.4 is 4.74 Å². The summed E-state index contributed by atoms with van der Waals surface area (Å²) in [6, 6.07) is 6.09. The fourth-order valence-corrected chi connectivity index (χ4v) is 3.98. The fraction of sp³-hybridized carbons (Fsp3) is 0.368. The van der Waals surface area contributed by atoms with E-state index in [9.17, 15) is 5.11 Å². The molecular formula is C19H23NO2S. The van der Waals surface area contributed by atoms with Crippen LogP contribution in [0.4, 0.5) is 0 Å². The number of hydrogen-bond acceptors (Lipinski definition) is 4. The average Bonchev–Trinajstić information content (AvgIpc) is 3.00. The first-order valence-corrected chi connectivity index (χ1v) is 8.95. The van der Waals surface area contributed by atoms with Crippen LogP contribution in [0.1, 0.15) is 28.5 Å². The molecule has 3 nitrogen and oxygen atoms in total. The molecule has 1 aliphatic rings. The van der Waals surface area contributed by atoms with Crippen molar-refractivity contribution < 1.29 is 9.84 Å². The summed E-state index contributed by atoms with van der Waals surface area (Å²) in [6.45, 7) is 9.10. The van der Waals surface area contributed by atoms with Gasteiger partial charge in [0, 0.05) is 35.6 Å². The molecule has 1 aliphatic heterocycles. The van der Waals surface area contributed by atoms with Gasteiger partial charge < -0.3 is 9.84 Å². The third-order valence-electron chi connectivity index (χ3n) is 4.20. The summed E-state index contributed by atoms with van der Waals surface area (Å²) >= 11 is 1.85. The van der Waals surface area contributed by atoms with Gasteiger partial charge in [0.2, 0.25) is 0 Å². The largest absolute Gasteiger partial charge is 0.507 e. The predicted molar refractivity (Wildman–Crippen MR) is 95.3 cm³/mol. The Bertz CT molecular complexity index is 693. The van der Waals surface area contributed by atoms with E-state index in [1.165, 1.54) is 10.4 Å². The number of phenolic OH excluding ortho intramolecular Hbond substituents is 1. The predicted octanol–water partition coefficient (Wildman–Crippen LogP) is 4.14. The number of aromatic hydroxyl groups is 1. The van der Waals surface area contributed by atoms with Crippen LogP contribution in [0.25, 0.3) is 0 Å². The van der Waals surface area contributed by atoms with Crippen molar-refractivity contribution in [1.82, 2.24) is 4.90 Å².